The van der Waals surface area contributed by atoms with Crippen molar-refractivity contribution in [2.24, 2.45) is 0 Å². The number of esters is 1. The summed E-state index contributed by atoms with van der Waals surface area (Å²) in [5.41, 5.74) is 3.21. The Morgan fingerprint density at radius 3 is 2.55 bits per heavy atom. The van der Waals surface area contributed by atoms with Gasteiger partial charge in [-0.1, -0.05) is 12.1 Å². The molecule has 1 unspecified atom stereocenters. The molecular formula is C24H28N2O5. The number of aromatic nitrogens is 1. The van der Waals surface area contributed by atoms with E-state index in [4.69, 9.17) is 13.9 Å². The van der Waals surface area contributed by atoms with Crippen molar-refractivity contribution in [2.75, 3.05) is 13.7 Å². The molecule has 3 rings (SSSR count). The fraction of sp³-hybridized carbons (Fsp3) is 0.333. The number of methoxy groups -OCH3 is 1. The lowest BCUT2D eigenvalue weighted by molar-refractivity contribution is -0.129. The maximum absolute atomic E-state index is 12.7. The Balaban J connectivity index is 1.52. The molecule has 0 aliphatic rings. The molecule has 0 aliphatic carbocycles. The third-order valence-corrected chi connectivity index (χ3v) is 5.21. The summed E-state index contributed by atoms with van der Waals surface area (Å²) in [6.45, 7) is 6.32. The predicted molar refractivity (Wildman–Crippen MR) is 116 cm³/mol. The zero-order valence-corrected chi connectivity index (χ0v) is 18.3. The number of hydrogen-bond donors (Lipinski definition) is 1. The van der Waals surface area contributed by atoms with E-state index in [-0.39, 0.29) is 5.91 Å². The first kappa shape index (κ1) is 22.2. The molecule has 1 atom stereocenters. The van der Waals surface area contributed by atoms with E-state index in [1.807, 2.05) is 54.8 Å². The van der Waals surface area contributed by atoms with E-state index >= 15 is 0 Å². The van der Waals surface area contributed by atoms with Gasteiger partial charge in [0.2, 0.25) is 0 Å². The number of carbonyl (C=O) groups excluding carboxylic acids is 2. The molecule has 2 aromatic heterocycles. The van der Waals surface area contributed by atoms with Crippen molar-refractivity contribution in [1.82, 2.24) is 9.88 Å². The number of ether oxygens (including phenoxy) is 2. The van der Waals surface area contributed by atoms with Crippen molar-refractivity contribution in [1.29, 1.82) is 0 Å². The Kier molecular flexibility index (Phi) is 7.18. The molecule has 3 aromatic rings. The number of aryl methyl sites for hydroxylation is 1. The number of rotatable bonds is 9. The van der Waals surface area contributed by atoms with Gasteiger partial charge >= 0.3 is 5.97 Å². The van der Waals surface area contributed by atoms with Gasteiger partial charge in [-0.15, -0.1) is 0 Å². The summed E-state index contributed by atoms with van der Waals surface area (Å²) in [6, 6.07) is 13.1. The van der Waals surface area contributed by atoms with Gasteiger partial charge in [0.05, 0.1) is 25.5 Å². The van der Waals surface area contributed by atoms with Gasteiger partial charge in [-0.25, -0.2) is 4.79 Å². The zero-order valence-electron chi connectivity index (χ0n) is 18.3. The lowest BCUT2D eigenvalue weighted by Crippen LogP contribution is -2.37. The molecule has 0 bridgehead atoms. The van der Waals surface area contributed by atoms with Crippen LogP contribution in [-0.2, 0) is 22.5 Å². The van der Waals surface area contributed by atoms with Crippen LogP contribution < -0.4 is 10.1 Å². The van der Waals surface area contributed by atoms with Gasteiger partial charge in [-0.05, 0) is 63.1 Å². The van der Waals surface area contributed by atoms with Crippen LogP contribution in [0.15, 0.2) is 53.1 Å². The Morgan fingerprint density at radius 1 is 1.16 bits per heavy atom. The Morgan fingerprint density at radius 2 is 1.90 bits per heavy atom. The van der Waals surface area contributed by atoms with Gasteiger partial charge in [0.1, 0.15) is 11.5 Å². The Bertz CT molecular complexity index is 1020. The lowest BCUT2D eigenvalue weighted by Gasteiger charge is -2.14. The summed E-state index contributed by atoms with van der Waals surface area (Å²) in [5.74, 6) is 0.742. The summed E-state index contributed by atoms with van der Waals surface area (Å²) in [4.78, 5) is 25.0. The second kappa shape index (κ2) is 10.0. The van der Waals surface area contributed by atoms with Crippen molar-refractivity contribution in [3.63, 3.8) is 0 Å². The lowest BCUT2D eigenvalue weighted by atomic mass is 10.1. The van der Waals surface area contributed by atoms with E-state index in [2.05, 4.69) is 5.32 Å². The van der Waals surface area contributed by atoms with E-state index in [0.717, 1.165) is 28.5 Å². The van der Waals surface area contributed by atoms with Crippen LogP contribution in [0.4, 0.5) is 0 Å². The minimum absolute atomic E-state index is 0.328. The third-order valence-electron chi connectivity index (χ3n) is 5.21. The molecular weight excluding hydrogens is 396 g/mol. The first-order valence-corrected chi connectivity index (χ1v) is 10.2. The molecule has 2 heterocycles. The fourth-order valence-corrected chi connectivity index (χ4v) is 3.35. The maximum atomic E-state index is 12.7. The molecule has 0 aliphatic heterocycles. The summed E-state index contributed by atoms with van der Waals surface area (Å²) in [7, 11) is 1.62. The molecule has 0 saturated carbocycles. The molecule has 0 spiro atoms. The molecule has 1 amide bonds. The Hall–Kier alpha value is -3.48. The number of benzene rings is 1. The second-order valence-electron chi connectivity index (χ2n) is 7.39. The minimum atomic E-state index is -0.892. The third kappa shape index (κ3) is 5.57. The highest BCUT2D eigenvalue weighted by Crippen LogP contribution is 2.19. The van der Waals surface area contributed by atoms with Crippen LogP contribution in [0.2, 0.25) is 0 Å². The first-order valence-electron chi connectivity index (χ1n) is 10.2. The van der Waals surface area contributed by atoms with Gasteiger partial charge in [0, 0.05) is 17.9 Å². The largest absolute Gasteiger partial charge is 0.497 e. The van der Waals surface area contributed by atoms with E-state index in [0.29, 0.717) is 25.1 Å². The highest BCUT2D eigenvalue weighted by molar-refractivity contribution is 5.93. The Labute approximate surface area is 182 Å². The standard InChI is InChI=1S/C24H28N2O5/c1-16-14-22(17(2)26(16)15-21-6-5-13-30-21)24(28)31-18(3)23(27)25-12-11-19-7-9-20(29-4)10-8-19/h5-10,13-14,18H,11-12,15H2,1-4H3,(H,25,27). The van der Waals surface area contributed by atoms with Crippen molar-refractivity contribution < 1.29 is 23.5 Å². The molecule has 7 nitrogen and oxygen atoms in total. The fourth-order valence-electron chi connectivity index (χ4n) is 3.35. The molecule has 1 aromatic carbocycles. The normalized spacial score (nSPS) is 11.7. The first-order chi connectivity index (χ1) is 14.9. The molecule has 31 heavy (non-hydrogen) atoms. The smallest absolute Gasteiger partial charge is 0.340 e. The minimum Gasteiger partial charge on any atom is -0.497 e. The van der Waals surface area contributed by atoms with E-state index in [1.54, 1.807) is 26.4 Å². The number of carbonyl (C=O) groups is 2. The van der Waals surface area contributed by atoms with E-state index in [9.17, 15) is 9.59 Å². The molecule has 0 fully saturated rings. The summed E-state index contributed by atoms with van der Waals surface area (Å²) < 4.78 is 17.9. The average molecular weight is 424 g/mol. The van der Waals surface area contributed by atoms with Crippen LogP contribution in [0.1, 0.15) is 40.0 Å². The monoisotopic (exact) mass is 424 g/mol. The van der Waals surface area contributed by atoms with Gasteiger partial charge in [0.25, 0.3) is 5.91 Å². The molecule has 1 N–H and O–H groups in total. The van der Waals surface area contributed by atoms with Crippen LogP contribution in [0, 0.1) is 13.8 Å². The topological polar surface area (TPSA) is 82.7 Å². The maximum Gasteiger partial charge on any atom is 0.340 e. The van der Waals surface area contributed by atoms with Crippen molar-refractivity contribution in [3.8, 4) is 5.75 Å². The van der Waals surface area contributed by atoms with Crippen molar-refractivity contribution in [3.05, 3.63) is 77.0 Å². The van der Waals surface area contributed by atoms with E-state index in [1.165, 1.54) is 0 Å². The van der Waals surface area contributed by atoms with Crippen LogP contribution in [0.25, 0.3) is 0 Å². The number of nitrogens with zero attached hydrogens (tertiary/aromatic N) is 1. The number of furan rings is 1. The molecule has 7 heteroatoms. The zero-order chi connectivity index (χ0) is 22.4. The number of amides is 1. The highest BCUT2D eigenvalue weighted by atomic mass is 16.5. The van der Waals surface area contributed by atoms with Gasteiger partial charge in [-0.3, -0.25) is 4.79 Å². The van der Waals surface area contributed by atoms with Crippen LogP contribution in [0.3, 0.4) is 0 Å². The highest BCUT2D eigenvalue weighted by Gasteiger charge is 2.22. The average Bonchev–Trinajstić information content (AvgIpc) is 3.38. The van der Waals surface area contributed by atoms with Crippen LogP contribution in [0.5, 0.6) is 5.75 Å². The van der Waals surface area contributed by atoms with Gasteiger partial charge in [0.15, 0.2) is 6.10 Å². The van der Waals surface area contributed by atoms with Crippen molar-refractivity contribution >= 4 is 11.9 Å². The molecule has 0 radical (unpaired) electrons. The van der Waals surface area contributed by atoms with Crippen molar-refractivity contribution in [2.45, 2.75) is 39.8 Å². The van der Waals surface area contributed by atoms with Gasteiger partial charge in [-0.2, -0.15) is 0 Å². The second-order valence-corrected chi connectivity index (χ2v) is 7.39. The summed E-state index contributed by atoms with van der Waals surface area (Å²) in [6.07, 6.45) is 1.40. The van der Waals surface area contributed by atoms with E-state index < -0.39 is 12.1 Å². The predicted octanol–water partition coefficient (Wildman–Crippen LogP) is 3.66. The summed E-state index contributed by atoms with van der Waals surface area (Å²) >= 11 is 0. The van der Waals surface area contributed by atoms with Crippen LogP contribution in [-0.4, -0.2) is 36.2 Å². The molecule has 0 saturated heterocycles. The quantitative estimate of drug-likeness (QED) is 0.530. The SMILES string of the molecule is COc1ccc(CCNC(=O)C(C)OC(=O)c2cc(C)n(Cc3ccco3)c2C)cc1. The summed E-state index contributed by atoms with van der Waals surface area (Å²) in [5, 5.41) is 2.81. The molecule has 164 valence electrons. The number of nitrogens with one attached hydrogen (secondary N) is 1. The van der Waals surface area contributed by atoms with Crippen LogP contribution >= 0.6 is 0 Å². The van der Waals surface area contributed by atoms with Gasteiger partial charge < -0.3 is 23.8 Å². The number of hydrogen-bond acceptors (Lipinski definition) is 5.